The fourth-order valence-electron chi connectivity index (χ4n) is 1.95. The van der Waals surface area contributed by atoms with Crippen LogP contribution in [0.15, 0.2) is 30.5 Å². The summed E-state index contributed by atoms with van der Waals surface area (Å²) in [6, 6.07) is 6.83. The zero-order valence-corrected chi connectivity index (χ0v) is 10.8. The summed E-state index contributed by atoms with van der Waals surface area (Å²) >= 11 is 0. The second-order valence-electron chi connectivity index (χ2n) is 4.42. The Morgan fingerprint density at radius 1 is 1.35 bits per heavy atom. The molecule has 1 aliphatic rings. The smallest absolute Gasteiger partial charge is 0.259 e. The van der Waals surface area contributed by atoms with Crippen molar-refractivity contribution >= 4 is 17.4 Å². The first-order chi connectivity index (χ1) is 9.65. The fourth-order valence-corrected chi connectivity index (χ4v) is 1.95. The van der Waals surface area contributed by atoms with Crippen molar-refractivity contribution in [2.75, 3.05) is 17.8 Å². The predicted octanol–water partition coefficient (Wildman–Crippen LogP) is 1.95. The van der Waals surface area contributed by atoms with Gasteiger partial charge in [0, 0.05) is 18.0 Å². The molecule has 0 aliphatic carbocycles. The second kappa shape index (κ2) is 4.73. The maximum absolute atomic E-state index is 12.3. The van der Waals surface area contributed by atoms with Crippen LogP contribution in [-0.2, 0) is 0 Å². The van der Waals surface area contributed by atoms with E-state index in [0.29, 0.717) is 28.6 Å². The molecule has 6 nitrogen and oxygen atoms in total. The minimum absolute atomic E-state index is 0.138. The van der Waals surface area contributed by atoms with Gasteiger partial charge in [-0.05, 0) is 24.6 Å². The SMILES string of the molecule is Cc1cccnc1NC(=O)c1cc2c(cc1N)OCO2. The van der Waals surface area contributed by atoms with Crippen molar-refractivity contribution in [2.45, 2.75) is 6.92 Å². The molecule has 0 fully saturated rings. The van der Waals surface area contributed by atoms with Gasteiger partial charge in [-0.2, -0.15) is 0 Å². The molecule has 1 aliphatic heterocycles. The first kappa shape index (κ1) is 12.3. The molecule has 2 heterocycles. The number of pyridine rings is 1. The summed E-state index contributed by atoms with van der Waals surface area (Å²) in [7, 11) is 0. The van der Waals surface area contributed by atoms with E-state index in [1.165, 1.54) is 0 Å². The molecule has 6 heteroatoms. The fraction of sp³-hybridized carbons (Fsp3) is 0.143. The highest BCUT2D eigenvalue weighted by molar-refractivity contribution is 6.08. The molecule has 3 rings (SSSR count). The third-order valence-electron chi connectivity index (χ3n) is 3.03. The summed E-state index contributed by atoms with van der Waals surface area (Å²) < 4.78 is 10.4. The number of hydrogen-bond donors (Lipinski definition) is 2. The Hall–Kier alpha value is -2.76. The van der Waals surface area contributed by atoms with Gasteiger partial charge < -0.3 is 20.5 Å². The van der Waals surface area contributed by atoms with Gasteiger partial charge in [0.15, 0.2) is 11.5 Å². The average molecular weight is 271 g/mol. The number of benzene rings is 1. The Bertz CT molecular complexity index is 685. The van der Waals surface area contributed by atoms with E-state index >= 15 is 0 Å². The summed E-state index contributed by atoms with van der Waals surface area (Å²) in [6.45, 7) is 2.00. The summed E-state index contributed by atoms with van der Waals surface area (Å²) in [4.78, 5) is 16.4. The molecule has 0 atom stereocenters. The van der Waals surface area contributed by atoms with Gasteiger partial charge in [0.05, 0.1) is 5.56 Å². The lowest BCUT2D eigenvalue weighted by molar-refractivity contribution is 0.102. The van der Waals surface area contributed by atoms with Crippen LogP contribution in [0.4, 0.5) is 11.5 Å². The largest absolute Gasteiger partial charge is 0.454 e. The molecule has 0 bridgehead atoms. The second-order valence-corrected chi connectivity index (χ2v) is 4.42. The molecule has 102 valence electrons. The predicted molar refractivity (Wildman–Crippen MR) is 73.9 cm³/mol. The third kappa shape index (κ3) is 2.11. The zero-order chi connectivity index (χ0) is 14.1. The van der Waals surface area contributed by atoms with Crippen LogP contribution < -0.4 is 20.5 Å². The van der Waals surface area contributed by atoms with Crippen LogP contribution >= 0.6 is 0 Å². The van der Waals surface area contributed by atoms with Crippen molar-refractivity contribution in [1.29, 1.82) is 0 Å². The topological polar surface area (TPSA) is 86.5 Å². The maximum Gasteiger partial charge on any atom is 0.259 e. The Kier molecular flexibility index (Phi) is 2.90. The average Bonchev–Trinajstić information content (AvgIpc) is 2.87. The van der Waals surface area contributed by atoms with Crippen molar-refractivity contribution in [3.8, 4) is 11.5 Å². The minimum Gasteiger partial charge on any atom is -0.454 e. The van der Waals surface area contributed by atoms with Crippen LogP contribution in [0.1, 0.15) is 15.9 Å². The molecule has 0 saturated heterocycles. The van der Waals surface area contributed by atoms with Crippen LogP contribution in [-0.4, -0.2) is 17.7 Å². The molecule has 1 amide bonds. The molecule has 20 heavy (non-hydrogen) atoms. The van der Waals surface area contributed by atoms with Crippen LogP contribution in [0.3, 0.4) is 0 Å². The van der Waals surface area contributed by atoms with E-state index in [4.69, 9.17) is 15.2 Å². The van der Waals surface area contributed by atoms with Crippen LogP contribution in [0.2, 0.25) is 0 Å². The molecule has 0 radical (unpaired) electrons. The van der Waals surface area contributed by atoms with E-state index in [0.717, 1.165) is 5.56 Å². The summed E-state index contributed by atoms with van der Waals surface area (Å²) in [5.41, 5.74) is 7.41. The number of nitrogens with one attached hydrogen (secondary N) is 1. The van der Waals surface area contributed by atoms with E-state index in [9.17, 15) is 4.79 Å². The Morgan fingerprint density at radius 2 is 2.10 bits per heavy atom. The molecule has 1 aromatic heterocycles. The molecule has 1 aromatic carbocycles. The standard InChI is InChI=1S/C14H13N3O3/c1-8-3-2-4-16-13(8)17-14(18)9-5-11-12(6-10(9)15)20-7-19-11/h2-6H,7,15H2,1H3,(H,16,17,18). The van der Waals surface area contributed by atoms with Gasteiger partial charge in [0.2, 0.25) is 6.79 Å². The van der Waals surface area contributed by atoms with E-state index in [1.54, 1.807) is 24.4 Å². The number of anilines is 2. The van der Waals surface area contributed by atoms with Crippen molar-refractivity contribution in [2.24, 2.45) is 0 Å². The van der Waals surface area contributed by atoms with Gasteiger partial charge in [-0.25, -0.2) is 4.98 Å². The number of hydrogen-bond acceptors (Lipinski definition) is 5. The van der Waals surface area contributed by atoms with E-state index in [2.05, 4.69) is 10.3 Å². The number of aromatic nitrogens is 1. The lowest BCUT2D eigenvalue weighted by Crippen LogP contribution is -2.15. The maximum atomic E-state index is 12.3. The number of carbonyl (C=O) groups is 1. The Morgan fingerprint density at radius 3 is 2.85 bits per heavy atom. The highest BCUT2D eigenvalue weighted by Gasteiger charge is 2.20. The highest BCUT2D eigenvalue weighted by Crippen LogP contribution is 2.36. The van der Waals surface area contributed by atoms with Crippen molar-refractivity contribution < 1.29 is 14.3 Å². The molecule has 0 unspecified atom stereocenters. The number of carbonyl (C=O) groups excluding carboxylic acids is 1. The highest BCUT2D eigenvalue weighted by atomic mass is 16.7. The lowest BCUT2D eigenvalue weighted by Gasteiger charge is -2.09. The first-order valence-electron chi connectivity index (χ1n) is 6.07. The van der Waals surface area contributed by atoms with Gasteiger partial charge in [-0.1, -0.05) is 6.07 Å². The monoisotopic (exact) mass is 271 g/mol. The minimum atomic E-state index is -0.331. The molecule has 0 saturated carbocycles. The third-order valence-corrected chi connectivity index (χ3v) is 3.03. The summed E-state index contributed by atoms with van der Waals surface area (Å²) in [5, 5.41) is 2.73. The number of fused-ring (bicyclic) bond motifs is 1. The van der Waals surface area contributed by atoms with Crippen LogP contribution in [0, 0.1) is 6.92 Å². The van der Waals surface area contributed by atoms with Crippen molar-refractivity contribution in [3.05, 3.63) is 41.6 Å². The number of rotatable bonds is 2. The number of nitrogens with two attached hydrogens (primary N) is 1. The van der Waals surface area contributed by atoms with E-state index in [1.807, 2.05) is 13.0 Å². The van der Waals surface area contributed by atoms with Crippen LogP contribution in [0.25, 0.3) is 0 Å². The van der Waals surface area contributed by atoms with Gasteiger partial charge in [-0.3, -0.25) is 4.79 Å². The number of amides is 1. The number of ether oxygens (including phenoxy) is 2. The molecule has 3 N–H and O–H groups in total. The molecular weight excluding hydrogens is 258 g/mol. The summed E-state index contributed by atoms with van der Waals surface area (Å²) in [5.74, 6) is 1.24. The number of aryl methyl sites for hydroxylation is 1. The van der Waals surface area contributed by atoms with Crippen molar-refractivity contribution in [3.63, 3.8) is 0 Å². The molecular formula is C14H13N3O3. The van der Waals surface area contributed by atoms with Crippen molar-refractivity contribution in [1.82, 2.24) is 4.98 Å². The van der Waals surface area contributed by atoms with E-state index in [-0.39, 0.29) is 12.7 Å². The van der Waals surface area contributed by atoms with Crippen LogP contribution in [0.5, 0.6) is 11.5 Å². The zero-order valence-electron chi connectivity index (χ0n) is 10.8. The quantitative estimate of drug-likeness (QED) is 0.815. The number of nitrogen functional groups attached to an aromatic ring is 1. The van der Waals surface area contributed by atoms with Gasteiger partial charge >= 0.3 is 0 Å². The van der Waals surface area contributed by atoms with Gasteiger partial charge in [0.1, 0.15) is 5.82 Å². The van der Waals surface area contributed by atoms with Gasteiger partial charge in [-0.15, -0.1) is 0 Å². The normalized spacial score (nSPS) is 12.2. The first-order valence-corrected chi connectivity index (χ1v) is 6.07. The molecule has 0 spiro atoms. The number of nitrogens with zero attached hydrogens (tertiary/aromatic N) is 1. The Labute approximate surface area is 115 Å². The molecule has 2 aromatic rings. The summed E-state index contributed by atoms with van der Waals surface area (Å²) in [6.07, 6.45) is 1.62. The lowest BCUT2D eigenvalue weighted by atomic mass is 10.1. The van der Waals surface area contributed by atoms with Gasteiger partial charge in [0.25, 0.3) is 5.91 Å². The van der Waals surface area contributed by atoms with E-state index < -0.39 is 0 Å². The Balaban J connectivity index is 1.90.